The Kier molecular flexibility index (Phi) is 10.1. The van der Waals surface area contributed by atoms with E-state index in [-0.39, 0.29) is 29.8 Å². The van der Waals surface area contributed by atoms with Crippen LogP contribution in [-0.4, -0.2) is 50.2 Å². The van der Waals surface area contributed by atoms with E-state index in [0.29, 0.717) is 18.7 Å². The van der Waals surface area contributed by atoms with Crippen molar-refractivity contribution >= 4 is 22.4 Å². The lowest BCUT2D eigenvalue weighted by atomic mass is 10.0. The summed E-state index contributed by atoms with van der Waals surface area (Å²) < 4.78 is 32.6. The zero-order valence-electron chi connectivity index (χ0n) is 17.1. The molecule has 0 saturated carbocycles. The van der Waals surface area contributed by atoms with E-state index in [2.05, 4.69) is 0 Å². The molecule has 0 fully saturated rings. The van der Waals surface area contributed by atoms with Crippen molar-refractivity contribution in [1.82, 2.24) is 4.31 Å². The van der Waals surface area contributed by atoms with Crippen LogP contribution in [0.3, 0.4) is 0 Å². The molecule has 0 aliphatic heterocycles. The van der Waals surface area contributed by atoms with Gasteiger partial charge in [0, 0.05) is 19.1 Å². The molecule has 0 amide bonds. The number of aliphatic hydroxyl groups excluding tert-OH is 1. The second-order valence-corrected chi connectivity index (χ2v) is 9.25. The molecule has 3 N–H and O–H groups in total. The summed E-state index contributed by atoms with van der Waals surface area (Å²) in [6, 6.07) is 15.3. The van der Waals surface area contributed by atoms with Crippen LogP contribution >= 0.6 is 12.4 Å². The summed E-state index contributed by atoms with van der Waals surface area (Å²) in [5, 5.41) is 10.6. The van der Waals surface area contributed by atoms with Crippen molar-refractivity contribution in [1.29, 1.82) is 0 Å². The van der Waals surface area contributed by atoms with E-state index in [1.165, 1.54) is 23.5 Å². The lowest BCUT2D eigenvalue weighted by Gasteiger charge is -2.28. The average molecular weight is 443 g/mol. The SMILES string of the molecule is COc1ccc(S(=O)(=O)N(CC(C)C)C[C@@H](O)[C@@H](N)Cc2ccccc2)cc1.Cl. The van der Waals surface area contributed by atoms with Crippen molar-refractivity contribution in [2.75, 3.05) is 20.2 Å². The number of hydrogen-bond acceptors (Lipinski definition) is 5. The third-order valence-corrected chi connectivity index (χ3v) is 6.31. The predicted octanol–water partition coefficient (Wildman–Crippen LogP) is 2.69. The minimum atomic E-state index is -3.76. The number of benzene rings is 2. The Bertz CT molecular complexity index is 830. The maximum absolute atomic E-state index is 13.1. The van der Waals surface area contributed by atoms with Gasteiger partial charge < -0.3 is 15.6 Å². The number of nitrogens with zero attached hydrogens (tertiary/aromatic N) is 1. The van der Waals surface area contributed by atoms with E-state index < -0.39 is 22.2 Å². The predicted molar refractivity (Wildman–Crippen MR) is 118 cm³/mol. The Hall–Kier alpha value is -1.64. The van der Waals surface area contributed by atoms with Crippen molar-refractivity contribution in [2.24, 2.45) is 11.7 Å². The summed E-state index contributed by atoms with van der Waals surface area (Å²) in [6.07, 6.45) is -0.507. The zero-order chi connectivity index (χ0) is 20.7. The average Bonchev–Trinajstić information content (AvgIpc) is 2.67. The van der Waals surface area contributed by atoms with Crippen LogP contribution in [0.1, 0.15) is 19.4 Å². The molecule has 6 nitrogen and oxygen atoms in total. The number of ether oxygens (including phenoxy) is 1. The van der Waals surface area contributed by atoms with Crippen LogP contribution in [0.4, 0.5) is 0 Å². The highest BCUT2D eigenvalue weighted by molar-refractivity contribution is 7.89. The van der Waals surface area contributed by atoms with Crippen LogP contribution in [0.15, 0.2) is 59.5 Å². The standard InChI is InChI=1S/C21H30N2O4S.ClH/c1-16(2)14-23(28(25,26)19-11-9-18(27-3)10-12-19)15-21(24)20(22)13-17-7-5-4-6-8-17;/h4-12,16,20-21,24H,13-15,22H2,1-3H3;1H/t20-,21+;/m0./s1. The summed E-state index contributed by atoms with van der Waals surface area (Å²) in [4.78, 5) is 0.165. The van der Waals surface area contributed by atoms with E-state index in [0.717, 1.165) is 5.56 Å². The first-order valence-electron chi connectivity index (χ1n) is 9.35. The van der Waals surface area contributed by atoms with Gasteiger partial charge in [-0.2, -0.15) is 4.31 Å². The van der Waals surface area contributed by atoms with Crippen LogP contribution in [0.5, 0.6) is 5.75 Å². The number of sulfonamides is 1. The summed E-state index contributed by atoms with van der Waals surface area (Å²) in [5.41, 5.74) is 7.16. The molecule has 0 aliphatic carbocycles. The van der Waals surface area contributed by atoms with Crippen molar-refractivity contribution in [2.45, 2.75) is 37.3 Å². The quantitative estimate of drug-likeness (QED) is 0.590. The molecule has 0 bridgehead atoms. The first-order valence-corrected chi connectivity index (χ1v) is 10.8. The number of nitrogens with two attached hydrogens (primary N) is 1. The molecule has 0 radical (unpaired) electrons. The van der Waals surface area contributed by atoms with Gasteiger partial charge in [-0.05, 0) is 42.2 Å². The van der Waals surface area contributed by atoms with Crippen LogP contribution in [0.25, 0.3) is 0 Å². The van der Waals surface area contributed by atoms with Crippen LogP contribution in [0.2, 0.25) is 0 Å². The number of aliphatic hydroxyl groups is 1. The summed E-state index contributed by atoms with van der Waals surface area (Å²) in [5.74, 6) is 0.685. The molecule has 0 aromatic heterocycles. The number of hydrogen-bond donors (Lipinski definition) is 2. The molecule has 2 rings (SSSR count). The van der Waals surface area contributed by atoms with Gasteiger partial charge in [0.2, 0.25) is 10.0 Å². The molecule has 8 heteroatoms. The molecule has 162 valence electrons. The second kappa shape index (κ2) is 11.5. The first kappa shape index (κ1) is 25.4. The van der Waals surface area contributed by atoms with Gasteiger partial charge in [-0.1, -0.05) is 44.2 Å². The minimum absolute atomic E-state index is 0. The Morgan fingerprint density at radius 2 is 1.62 bits per heavy atom. The molecule has 0 unspecified atom stereocenters. The molecule has 2 aromatic rings. The van der Waals surface area contributed by atoms with E-state index in [9.17, 15) is 13.5 Å². The highest BCUT2D eigenvalue weighted by Gasteiger charge is 2.29. The van der Waals surface area contributed by atoms with Crippen molar-refractivity contribution in [3.8, 4) is 5.75 Å². The monoisotopic (exact) mass is 442 g/mol. The molecular weight excluding hydrogens is 412 g/mol. The Labute approximate surface area is 180 Å². The molecule has 2 aromatic carbocycles. The number of halogens is 1. The number of methoxy groups -OCH3 is 1. The molecule has 0 spiro atoms. The Balaban J connectivity index is 0.00000420. The molecule has 2 atom stereocenters. The lowest BCUT2D eigenvalue weighted by Crippen LogP contribution is -2.47. The van der Waals surface area contributed by atoms with Gasteiger partial charge in [-0.3, -0.25) is 0 Å². The van der Waals surface area contributed by atoms with Gasteiger partial charge in [0.1, 0.15) is 5.75 Å². The molecule has 29 heavy (non-hydrogen) atoms. The van der Waals surface area contributed by atoms with Crippen LogP contribution < -0.4 is 10.5 Å². The summed E-state index contributed by atoms with van der Waals surface area (Å²) in [6.45, 7) is 4.11. The third-order valence-electron chi connectivity index (χ3n) is 4.47. The van der Waals surface area contributed by atoms with Crippen LogP contribution in [0, 0.1) is 5.92 Å². The zero-order valence-corrected chi connectivity index (χ0v) is 18.7. The molecule has 0 saturated heterocycles. The maximum Gasteiger partial charge on any atom is 0.243 e. The van der Waals surface area contributed by atoms with E-state index in [1.54, 1.807) is 12.1 Å². The second-order valence-electron chi connectivity index (χ2n) is 7.31. The topological polar surface area (TPSA) is 92.9 Å². The summed E-state index contributed by atoms with van der Waals surface area (Å²) in [7, 11) is -2.23. The number of rotatable bonds is 10. The minimum Gasteiger partial charge on any atom is -0.497 e. The fourth-order valence-electron chi connectivity index (χ4n) is 2.94. The molecular formula is C21H31ClN2O4S. The Morgan fingerprint density at radius 1 is 1.03 bits per heavy atom. The van der Waals surface area contributed by atoms with Gasteiger partial charge in [-0.25, -0.2) is 8.42 Å². The molecule has 0 aliphatic rings. The highest BCUT2D eigenvalue weighted by atomic mass is 35.5. The van der Waals surface area contributed by atoms with Gasteiger partial charge in [0.05, 0.1) is 18.1 Å². The van der Waals surface area contributed by atoms with Gasteiger partial charge in [0.15, 0.2) is 0 Å². The first-order chi connectivity index (χ1) is 13.2. The summed E-state index contributed by atoms with van der Waals surface area (Å²) >= 11 is 0. The van der Waals surface area contributed by atoms with Gasteiger partial charge in [-0.15, -0.1) is 12.4 Å². The van der Waals surface area contributed by atoms with Gasteiger partial charge >= 0.3 is 0 Å². The Morgan fingerprint density at radius 3 is 2.14 bits per heavy atom. The van der Waals surface area contributed by atoms with E-state index >= 15 is 0 Å². The van der Waals surface area contributed by atoms with E-state index in [1.807, 2.05) is 44.2 Å². The highest BCUT2D eigenvalue weighted by Crippen LogP contribution is 2.21. The smallest absolute Gasteiger partial charge is 0.243 e. The fourth-order valence-corrected chi connectivity index (χ4v) is 4.56. The van der Waals surface area contributed by atoms with Crippen molar-refractivity contribution in [3.05, 3.63) is 60.2 Å². The largest absolute Gasteiger partial charge is 0.497 e. The lowest BCUT2D eigenvalue weighted by molar-refractivity contribution is 0.116. The third kappa shape index (κ3) is 7.28. The normalized spacial score (nSPS) is 13.8. The van der Waals surface area contributed by atoms with E-state index in [4.69, 9.17) is 10.5 Å². The van der Waals surface area contributed by atoms with Crippen LogP contribution in [-0.2, 0) is 16.4 Å². The van der Waals surface area contributed by atoms with Crippen molar-refractivity contribution < 1.29 is 18.3 Å². The fraction of sp³-hybridized carbons (Fsp3) is 0.429. The molecule has 0 heterocycles. The van der Waals surface area contributed by atoms with Crippen molar-refractivity contribution in [3.63, 3.8) is 0 Å². The van der Waals surface area contributed by atoms with Gasteiger partial charge in [0.25, 0.3) is 0 Å². The maximum atomic E-state index is 13.1.